The Hall–Kier alpha value is -3.51. The molecule has 1 aliphatic rings. The molecule has 0 N–H and O–H groups in total. The zero-order valence-corrected chi connectivity index (χ0v) is 19.5. The van der Waals surface area contributed by atoms with Crippen molar-refractivity contribution in [3.63, 3.8) is 0 Å². The molecule has 7 heteroatoms. The largest absolute Gasteiger partial charge is 0.497 e. The predicted molar refractivity (Wildman–Crippen MR) is 129 cm³/mol. The molecule has 0 radical (unpaired) electrons. The molecule has 4 rings (SSSR count). The average Bonchev–Trinajstić information content (AvgIpc) is 3.20. The van der Waals surface area contributed by atoms with E-state index in [9.17, 15) is 9.59 Å². The van der Waals surface area contributed by atoms with E-state index < -0.39 is 12.0 Å². The van der Waals surface area contributed by atoms with Gasteiger partial charge in [-0.05, 0) is 66.2 Å². The first-order valence-electron chi connectivity index (χ1n) is 10.6. The third kappa shape index (κ3) is 4.52. The van der Waals surface area contributed by atoms with Gasteiger partial charge in [0.2, 0.25) is 11.8 Å². The Morgan fingerprint density at radius 1 is 0.909 bits per heavy atom. The van der Waals surface area contributed by atoms with Gasteiger partial charge in [-0.1, -0.05) is 23.7 Å². The number of carbonyl (C=O) groups excluding carboxylic acids is 2. The SMILES string of the molecule is COc1ccc([C@@H]2[C@@H](C(=O)N(C)c3ccc(Cl)cc3)CC(=O)N2c2ccc(OC)cc2)cc1. The van der Waals surface area contributed by atoms with Crippen molar-refractivity contribution in [1.82, 2.24) is 0 Å². The van der Waals surface area contributed by atoms with Crippen LogP contribution >= 0.6 is 11.6 Å². The van der Waals surface area contributed by atoms with Gasteiger partial charge in [-0.3, -0.25) is 9.59 Å². The van der Waals surface area contributed by atoms with Crippen LogP contribution in [0.5, 0.6) is 11.5 Å². The molecule has 1 saturated heterocycles. The fraction of sp³-hybridized carbons (Fsp3) is 0.231. The maximum Gasteiger partial charge on any atom is 0.232 e. The second-order valence-corrected chi connectivity index (χ2v) is 8.30. The summed E-state index contributed by atoms with van der Waals surface area (Å²) < 4.78 is 10.5. The molecule has 0 aliphatic carbocycles. The average molecular weight is 465 g/mol. The number of ether oxygens (including phenoxy) is 2. The first-order chi connectivity index (χ1) is 15.9. The minimum atomic E-state index is -0.561. The van der Waals surface area contributed by atoms with Crippen molar-refractivity contribution in [2.75, 3.05) is 31.1 Å². The highest BCUT2D eigenvalue weighted by atomic mass is 35.5. The Morgan fingerprint density at radius 3 is 2.00 bits per heavy atom. The summed E-state index contributed by atoms with van der Waals surface area (Å²) >= 11 is 6.00. The first kappa shape index (κ1) is 22.7. The Balaban J connectivity index is 1.73. The molecule has 1 heterocycles. The van der Waals surface area contributed by atoms with E-state index in [4.69, 9.17) is 21.1 Å². The van der Waals surface area contributed by atoms with Crippen LogP contribution in [0.3, 0.4) is 0 Å². The molecule has 2 atom stereocenters. The molecule has 0 spiro atoms. The summed E-state index contributed by atoms with van der Waals surface area (Å²) in [5.41, 5.74) is 2.29. The number of hydrogen-bond acceptors (Lipinski definition) is 4. The van der Waals surface area contributed by atoms with Crippen LogP contribution in [-0.4, -0.2) is 33.1 Å². The van der Waals surface area contributed by atoms with Crippen molar-refractivity contribution in [2.45, 2.75) is 12.5 Å². The van der Waals surface area contributed by atoms with Gasteiger partial charge in [0.15, 0.2) is 0 Å². The normalized spacial score (nSPS) is 17.7. The fourth-order valence-corrected chi connectivity index (χ4v) is 4.35. The van der Waals surface area contributed by atoms with Crippen molar-refractivity contribution in [3.8, 4) is 11.5 Å². The highest BCUT2D eigenvalue weighted by Gasteiger charge is 2.46. The van der Waals surface area contributed by atoms with Crippen molar-refractivity contribution in [2.24, 2.45) is 5.92 Å². The molecule has 2 amide bonds. The number of halogens is 1. The molecule has 0 bridgehead atoms. The van der Waals surface area contributed by atoms with Gasteiger partial charge in [-0.25, -0.2) is 0 Å². The maximum atomic E-state index is 13.6. The summed E-state index contributed by atoms with van der Waals surface area (Å²) in [6.07, 6.45) is 0.111. The van der Waals surface area contributed by atoms with E-state index in [0.717, 1.165) is 5.56 Å². The number of nitrogens with zero attached hydrogens (tertiary/aromatic N) is 2. The van der Waals surface area contributed by atoms with Crippen LogP contribution in [-0.2, 0) is 9.59 Å². The minimum Gasteiger partial charge on any atom is -0.497 e. The number of hydrogen-bond donors (Lipinski definition) is 0. The number of anilines is 2. The number of methoxy groups -OCH3 is 2. The van der Waals surface area contributed by atoms with Crippen LogP contribution in [0.15, 0.2) is 72.8 Å². The third-order valence-electron chi connectivity index (χ3n) is 5.99. The van der Waals surface area contributed by atoms with Crippen LogP contribution in [0.1, 0.15) is 18.0 Å². The van der Waals surface area contributed by atoms with Gasteiger partial charge in [0, 0.05) is 29.9 Å². The lowest BCUT2D eigenvalue weighted by Crippen LogP contribution is -2.37. The molecule has 0 saturated carbocycles. The summed E-state index contributed by atoms with van der Waals surface area (Å²) in [6.45, 7) is 0. The highest BCUT2D eigenvalue weighted by molar-refractivity contribution is 6.30. The Bertz CT molecular complexity index is 1130. The quantitative estimate of drug-likeness (QED) is 0.508. The summed E-state index contributed by atoms with van der Waals surface area (Å²) in [4.78, 5) is 30.2. The van der Waals surface area contributed by atoms with Gasteiger partial charge < -0.3 is 19.3 Å². The summed E-state index contributed by atoms with van der Waals surface area (Å²) in [6, 6.07) is 21.4. The van der Waals surface area contributed by atoms with Crippen LogP contribution in [0, 0.1) is 5.92 Å². The summed E-state index contributed by atoms with van der Waals surface area (Å²) in [7, 11) is 4.92. The van der Waals surface area contributed by atoms with E-state index in [1.54, 1.807) is 55.3 Å². The van der Waals surface area contributed by atoms with Gasteiger partial charge in [0.05, 0.1) is 26.2 Å². The molecule has 3 aromatic rings. The monoisotopic (exact) mass is 464 g/mol. The van der Waals surface area contributed by atoms with Crippen molar-refractivity contribution < 1.29 is 19.1 Å². The molecular weight excluding hydrogens is 440 g/mol. The third-order valence-corrected chi connectivity index (χ3v) is 6.24. The van der Waals surface area contributed by atoms with E-state index in [1.807, 2.05) is 48.5 Å². The number of rotatable bonds is 6. The van der Waals surface area contributed by atoms with Gasteiger partial charge >= 0.3 is 0 Å². The Labute approximate surface area is 198 Å². The van der Waals surface area contributed by atoms with E-state index >= 15 is 0 Å². The second-order valence-electron chi connectivity index (χ2n) is 7.86. The lowest BCUT2D eigenvalue weighted by Gasteiger charge is -2.30. The van der Waals surface area contributed by atoms with Gasteiger partial charge in [-0.2, -0.15) is 0 Å². The first-order valence-corrected chi connectivity index (χ1v) is 10.9. The molecule has 1 aliphatic heterocycles. The van der Waals surface area contributed by atoms with Gasteiger partial charge in [-0.15, -0.1) is 0 Å². The summed E-state index contributed by atoms with van der Waals surface area (Å²) in [5.74, 6) is 0.599. The van der Waals surface area contributed by atoms with E-state index in [-0.39, 0.29) is 18.2 Å². The maximum absolute atomic E-state index is 13.6. The van der Waals surface area contributed by atoms with Crippen LogP contribution < -0.4 is 19.3 Å². The van der Waals surface area contributed by atoms with Crippen molar-refractivity contribution in [3.05, 3.63) is 83.4 Å². The Kier molecular flexibility index (Phi) is 6.56. The van der Waals surface area contributed by atoms with Crippen LogP contribution in [0.4, 0.5) is 11.4 Å². The summed E-state index contributed by atoms with van der Waals surface area (Å²) in [5, 5.41) is 0.595. The molecule has 6 nitrogen and oxygen atoms in total. The second kappa shape index (κ2) is 9.55. The molecule has 33 heavy (non-hydrogen) atoms. The molecule has 1 fully saturated rings. The highest BCUT2D eigenvalue weighted by Crippen LogP contribution is 2.43. The number of benzene rings is 3. The topological polar surface area (TPSA) is 59.1 Å². The van der Waals surface area contributed by atoms with Gasteiger partial charge in [0.25, 0.3) is 0 Å². The van der Waals surface area contributed by atoms with Crippen molar-refractivity contribution in [1.29, 1.82) is 0 Å². The van der Waals surface area contributed by atoms with E-state index in [1.165, 1.54) is 0 Å². The lowest BCUT2D eigenvalue weighted by atomic mass is 9.92. The lowest BCUT2D eigenvalue weighted by molar-refractivity contribution is -0.124. The van der Waals surface area contributed by atoms with Crippen LogP contribution in [0.25, 0.3) is 0 Å². The fourth-order valence-electron chi connectivity index (χ4n) is 4.23. The molecule has 0 unspecified atom stereocenters. The predicted octanol–water partition coefficient (Wildman–Crippen LogP) is 5.11. The smallest absolute Gasteiger partial charge is 0.232 e. The molecular formula is C26H25ClN2O4. The minimum absolute atomic E-state index is 0.108. The number of carbonyl (C=O) groups is 2. The molecule has 3 aromatic carbocycles. The Morgan fingerprint density at radius 2 is 1.45 bits per heavy atom. The van der Waals surface area contributed by atoms with Gasteiger partial charge in [0.1, 0.15) is 11.5 Å². The van der Waals surface area contributed by atoms with Crippen LogP contribution in [0.2, 0.25) is 5.02 Å². The number of amides is 2. The zero-order chi connectivity index (χ0) is 23.5. The van der Waals surface area contributed by atoms with E-state index in [0.29, 0.717) is 27.9 Å². The standard InChI is InChI=1S/C26H25ClN2O4/c1-28(19-8-6-18(27)7-9-19)26(31)23-16-24(30)29(20-10-14-22(33-3)15-11-20)25(23)17-4-12-21(32-2)13-5-17/h4-15,23,25H,16H2,1-3H3/t23-,25+/m0/s1. The van der Waals surface area contributed by atoms with Crippen molar-refractivity contribution >= 4 is 34.8 Å². The molecule has 0 aromatic heterocycles. The molecule has 170 valence electrons. The zero-order valence-electron chi connectivity index (χ0n) is 18.7. The van der Waals surface area contributed by atoms with E-state index in [2.05, 4.69) is 0 Å².